The van der Waals surface area contributed by atoms with E-state index >= 15 is 0 Å². The lowest BCUT2D eigenvalue weighted by Crippen LogP contribution is -2.49. The van der Waals surface area contributed by atoms with Gasteiger partial charge in [0.2, 0.25) is 5.95 Å². The van der Waals surface area contributed by atoms with E-state index in [9.17, 15) is 19.2 Å². The lowest BCUT2D eigenvalue weighted by molar-refractivity contribution is 0.0693. The normalized spacial score (nSPS) is 13.2. The number of nitrogens with one attached hydrogen (secondary N) is 1. The molecule has 0 atom stereocenters. The average Bonchev–Trinajstić information content (AvgIpc) is 3.59. The largest absolute Gasteiger partial charge is 0.478 e. The molecular formula is C32H28N6O6. The molecule has 0 spiro atoms. The van der Waals surface area contributed by atoms with Gasteiger partial charge in [0.15, 0.2) is 11.4 Å². The molecule has 0 saturated carbocycles. The highest BCUT2D eigenvalue weighted by atomic mass is 16.4. The van der Waals surface area contributed by atoms with Crippen molar-refractivity contribution in [2.45, 2.75) is 13.5 Å². The molecule has 0 bridgehead atoms. The quantitative estimate of drug-likeness (QED) is 0.290. The maximum atomic E-state index is 13.1. The van der Waals surface area contributed by atoms with Gasteiger partial charge in [-0.3, -0.25) is 19.0 Å². The first-order valence-electron chi connectivity index (χ1n) is 14.0. The summed E-state index contributed by atoms with van der Waals surface area (Å²) in [6.07, 6.45) is 1.48. The lowest BCUT2D eigenvalue weighted by Gasteiger charge is -2.34. The molecule has 4 heterocycles. The summed E-state index contributed by atoms with van der Waals surface area (Å²) in [6, 6.07) is 19.4. The number of aromatic nitrogens is 3. The Bertz CT molecular complexity index is 1910. The maximum absolute atomic E-state index is 13.1. The van der Waals surface area contributed by atoms with Crippen LogP contribution in [0.25, 0.3) is 16.7 Å². The second-order valence-electron chi connectivity index (χ2n) is 10.3. The van der Waals surface area contributed by atoms with Crippen LogP contribution < -0.4 is 15.8 Å². The third-order valence-electron chi connectivity index (χ3n) is 7.55. The zero-order valence-corrected chi connectivity index (χ0v) is 23.8. The number of piperazine rings is 1. The van der Waals surface area contributed by atoms with Gasteiger partial charge in [-0.2, -0.15) is 4.98 Å². The van der Waals surface area contributed by atoms with Crippen LogP contribution in [0.15, 0.2) is 88.3 Å². The molecule has 3 aromatic heterocycles. The van der Waals surface area contributed by atoms with Crippen LogP contribution in [0.1, 0.15) is 42.5 Å². The van der Waals surface area contributed by atoms with Crippen molar-refractivity contribution in [2.24, 2.45) is 0 Å². The molecule has 0 aliphatic carbocycles. The Balaban J connectivity index is 1.20. The van der Waals surface area contributed by atoms with E-state index in [4.69, 9.17) is 19.5 Å². The first-order chi connectivity index (χ1) is 21.3. The number of pyridine rings is 1. The predicted octanol–water partition coefficient (Wildman–Crippen LogP) is 3.27. The molecule has 6 rings (SSSR count). The first kappa shape index (κ1) is 28.3. The number of anilines is 1. The molecule has 2 aromatic carbocycles. The number of hydrogen-bond donors (Lipinski definition) is 2. The number of carboxylic acid groups (broad SMARTS) is 1. The van der Waals surface area contributed by atoms with Gasteiger partial charge in [0.25, 0.3) is 17.4 Å². The number of nitrogens with zero attached hydrogens (tertiary/aromatic N) is 5. The Hall–Kier alpha value is -5.78. The molecule has 0 unspecified atom stereocenters. The molecule has 12 nitrogen and oxygen atoms in total. The van der Waals surface area contributed by atoms with E-state index in [0.29, 0.717) is 60.5 Å². The van der Waals surface area contributed by atoms with Crippen molar-refractivity contribution in [3.63, 3.8) is 0 Å². The monoisotopic (exact) mass is 592 g/mol. The number of furan rings is 1. The number of carboxylic acids is 1. The molecule has 1 aliphatic rings. The Morgan fingerprint density at radius 2 is 1.59 bits per heavy atom. The Kier molecular flexibility index (Phi) is 7.63. The highest BCUT2D eigenvalue weighted by molar-refractivity contribution is 5.94. The van der Waals surface area contributed by atoms with E-state index in [1.54, 1.807) is 59.5 Å². The topological polar surface area (TPSA) is 151 Å². The van der Waals surface area contributed by atoms with Crippen LogP contribution >= 0.6 is 0 Å². The van der Waals surface area contributed by atoms with Crippen LogP contribution in [0, 0.1) is 6.92 Å². The average molecular weight is 593 g/mol. The fourth-order valence-corrected chi connectivity index (χ4v) is 5.12. The van der Waals surface area contributed by atoms with Gasteiger partial charge >= 0.3 is 5.97 Å². The third-order valence-corrected chi connectivity index (χ3v) is 7.55. The van der Waals surface area contributed by atoms with Crippen molar-refractivity contribution in [3.8, 4) is 5.69 Å². The first-order valence-corrected chi connectivity index (χ1v) is 14.0. The number of carbonyl (C=O) groups excluding carboxylic acids is 2. The summed E-state index contributed by atoms with van der Waals surface area (Å²) in [7, 11) is 0. The number of aryl methyl sites for hydroxylation is 1. The predicted molar refractivity (Wildman–Crippen MR) is 161 cm³/mol. The highest BCUT2D eigenvalue weighted by Gasteiger charge is 2.26. The second-order valence-corrected chi connectivity index (χ2v) is 10.3. The van der Waals surface area contributed by atoms with E-state index < -0.39 is 5.97 Å². The van der Waals surface area contributed by atoms with Crippen LogP contribution in [-0.2, 0) is 6.54 Å². The molecule has 2 amide bonds. The number of amides is 2. The van der Waals surface area contributed by atoms with Crippen LogP contribution in [0.5, 0.6) is 0 Å². The molecular weight excluding hydrogens is 564 g/mol. The van der Waals surface area contributed by atoms with E-state index in [0.717, 1.165) is 10.9 Å². The van der Waals surface area contributed by atoms with Crippen molar-refractivity contribution in [3.05, 3.63) is 118 Å². The number of carbonyl (C=O) groups is 3. The number of aromatic carboxylic acids is 1. The van der Waals surface area contributed by atoms with Gasteiger partial charge in [0, 0.05) is 49.7 Å². The summed E-state index contributed by atoms with van der Waals surface area (Å²) in [4.78, 5) is 62.8. The minimum Gasteiger partial charge on any atom is -0.478 e. The molecule has 5 aromatic rings. The smallest absolute Gasteiger partial charge is 0.335 e. The fourth-order valence-electron chi connectivity index (χ4n) is 5.12. The summed E-state index contributed by atoms with van der Waals surface area (Å²) >= 11 is 0. The van der Waals surface area contributed by atoms with Crippen LogP contribution in [0.2, 0.25) is 0 Å². The van der Waals surface area contributed by atoms with Gasteiger partial charge in [0.05, 0.1) is 23.2 Å². The SMILES string of the molecule is Cc1nc(N2CCN(C(=O)c3ccco3)CC2)nc2c1ccc(=O)n2-c1ccc(C(=O)NCc2ccc(C(=O)O)cc2)cc1. The van der Waals surface area contributed by atoms with Crippen molar-refractivity contribution in [1.29, 1.82) is 0 Å². The summed E-state index contributed by atoms with van der Waals surface area (Å²) in [5.41, 5.74) is 2.75. The lowest BCUT2D eigenvalue weighted by atomic mass is 10.1. The van der Waals surface area contributed by atoms with E-state index in [1.807, 2.05) is 11.8 Å². The Morgan fingerprint density at radius 3 is 2.25 bits per heavy atom. The van der Waals surface area contributed by atoms with Gasteiger partial charge in [-0.25, -0.2) is 9.78 Å². The zero-order chi connectivity index (χ0) is 30.8. The van der Waals surface area contributed by atoms with E-state index in [-0.39, 0.29) is 29.5 Å². The van der Waals surface area contributed by atoms with Crippen molar-refractivity contribution < 1.29 is 23.9 Å². The third kappa shape index (κ3) is 5.64. The van der Waals surface area contributed by atoms with Gasteiger partial charge in [-0.05, 0) is 67.1 Å². The van der Waals surface area contributed by atoms with Crippen LogP contribution in [0.4, 0.5) is 5.95 Å². The minimum atomic E-state index is -1.01. The summed E-state index contributed by atoms with van der Waals surface area (Å²) < 4.78 is 6.75. The number of rotatable bonds is 7. The van der Waals surface area contributed by atoms with Crippen LogP contribution in [-0.4, -0.2) is 68.5 Å². The molecule has 1 fully saturated rings. The fraction of sp³-hybridized carbons (Fsp3) is 0.188. The van der Waals surface area contributed by atoms with Crippen molar-refractivity contribution in [1.82, 2.24) is 24.8 Å². The highest BCUT2D eigenvalue weighted by Crippen LogP contribution is 2.22. The molecule has 44 heavy (non-hydrogen) atoms. The van der Waals surface area contributed by atoms with Crippen molar-refractivity contribution in [2.75, 3.05) is 31.1 Å². The summed E-state index contributed by atoms with van der Waals surface area (Å²) in [5, 5.41) is 12.6. The molecule has 222 valence electrons. The van der Waals surface area contributed by atoms with E-state index in [2.05, 4.69) is 5.32 Å². The maximum Gasteiger partial charge on any atom is 0.335 e. The van der Waals surface area contributed by atoms with Gasteiger partial charge in [-0.1, -0.05) is 12.1 Å². The Morgan fingerprint density at radius 1 is 0.886 bits per heavy atom. The van der Waals surface area contributed by atoms with Gasteiger partial charge in [0.1, 0.15) is 0 Å². The van der Waals surface area contributed by atoms with Gasteiger partial charge in [-0.15, -0.1) is 0 Å². The zero-order valence-electron chi connectivity index (χ0n) is 23.8. The molecule has 0 radical (unpaired) electrons. The standard InChI is InChI=1S/C32H28N6O6/c1-20-25-12-13-27(39)38(24-10-8-22(9-11-24)29(40)33-19-21-4-6-23(7-5-21)31(42)43)28(25)35-32(34-20)37-16-14-36(15-17-37)30(41)26-3-2-18-44-26/h2-13,18H,14-17,19H2,1H3,(H,33,40)(H,42,43). The minimum absolute atomic E-state index is 0.161. The Labute approximate surface area is 251 Å². The van der Waals surface area contributed by atoms with Crippen LogP contribution in [0.3, 0.4) is 0 Å². The summed E-state index contributed by atoms with van der Waals surface area (Å²) in [6.45, 7) is 4.07. The molecule has 2 N–H and O–H groups in total. The number of hydrogen-bond acceptors (Lipinski definition) is 8. The second kappa shape index (κ2) is 11.8. The molecule has 12 heteroatoms. The molecule has 1 saturated heterocycles. The number of benzene rings is 2. The van der Waals surface area contributed by atoms with Crippen molar-refractivity contribution >= 4 is 34.8 Å². The number of fused-ring (bicyclic) bond motifs is 1. The summed E-state index contributed by atoms with van der Waals surface area (Å²) in [5.74, 6) is -0.718. The molecule has 1 aliphatic heterocycles. The van der Waals surface area contributed by atoms with E-state index in [1.165, 1.54) is 29.0 Å². The van der Waals surface area contributed by atoms with Gasteiger partial charge < -0.3 is 24.6 Å².